The molecule has 2 nitrogen and oxygen atoms in total. The van der Waals surface area contributed by atoms with Crippen molar-refractivity contribution in [2.24, 2.45) is 0 Å². The minimum Gasteiger partial charge on any atom is -0.305 e. The minimum atomic E-state index is 0.359. The molecule has 0 saturated carbocycles. The first-order valence-electron chi connectivity index (χ1n) is 6.43. The molecule has 3 heteroatoms. The molecule has 1 aromatic heterocycles. The molecule has 96 valence electrons. The van der Waals surface area contributed by atoms with Crippen LogP contribution in [0.1, 0.15) is 41.7 Å². The Balaban J connectivity index is 1.96. The molecule has 0 bridgehead atoms. The second-order valence-corrected chi connectivity index (χ2v) is 5.49. The van der Waals surface area contributed by atoms with Gasteiger partial charge in [0.2, 0.25) is 0 Å². The van der Waals surface area contributed by atoms with Crippen molar-refractivity contribution in [1.82, 2.24) is 10.3 Å². The van der Waals surface area contributed by atoms with Crippen LogP contribution in [0.5, 0.6) is 0 Å². The normalized spacial score (nSPS) is 12.6. The van der Waals surface area contributed by atoms with Gasteiger partial charge < -0.3 is 5.32 Å². The van der Waals surface area contributed by atoms with Crippen LogP contribution in [-0.2, 0) is 13.0 Å². The number of benzene rings is 1. The molecule has 1 aromatic carbocycles. The summed E-state index contributed by atoms with van der Waals surface area (Å²) < 4.78 is 0. The van der Waals surface area contributed by atoms with Gasteiger partial charge in [-0.1, -0.05) is 31.2 Å². The first-order chi connectivity index (χ1) is 8.70. The summed E-state index contributed by atoms with van der Waals surface area (Å²) in [6.07, 6.45) is 1.03. The van der Waals surface area contributed by atoms with E-state index in [1.165, 1.54) is 16.1 Å². The number of hydrogen-bond donors (Lipinski definition) is 1. The van der Waals surface area contributed by atoms with Crippen molar-refractivity contribution in [3.8, 4) is 0 Å². The van der Waals surface area contributed by atoms with Crippen molar-refractivity contribution in [3.05, 3.63) is 51.5 Å². The highest BCUT2D eigenvalue weighted by Crippen LogP contribution is 2.17. The Morgan fingerprint density at radius 1 is 1.33 bits per heavy atom. The van der Waals surface area contributed by atoms with Crippen molar-refractivity contribution in [3.63, 3.8) is 0 Å². The third-order valence-electron chi connectivity index (χ3n) is 3.15. The zero-order chi connectivity index (χ0) is 13.0. The van der Waals surface area contributed by atoms with Gasteiger partial charge in [-0.3, -0.25) is 0 Å². The van der Waals surface area contributed by atoms with Gasteiger partial charge in [0.05, 0.1) is 10.7 Å². The standard InChI is InChI=1S/C15H20N2S/c1-4-15-17-13(10-18-15)9-16-12(3)14-8-6-5-7-11(14)2/h5-8,10,12,16H,4,9H2,1-3H3. The SMILES string of the molecule is CCc1nc(CNC(C)c2ccccc2C)cs1. The van der Waals surface area contributed by atoms with E-state index in [1.807, 2.05) is 0 Å². The van der Waals surface area contributed by atoms with Crippen LogP contribution in [0.15, 0.2) is 29.6 Å². The first-order valence-corrected chi connectivity index (χ1v) is 7.31. The van der Waals surface area contributed by atoms with Gasteiger partial charge in [0.25, 0.3) is 0 Å². The number of rotatable bonds is 5. The van der Waals surface area contributed by atoms with Crippen LogP contribution in [0, 0.1) is 6.92 Å². The second kappa shape index (κ2) is 6.12. The van der Waals surface area contributed by atoms with Gasteiger partial charge in [0.1, 0.15) is 0 Å². The molecule has 0 radical (unpaired) electrons. The summed E-state index contributed by atoms with van der Waals surface area (Å²) in [6, 6.07) is 8.88. The lowest BCUT2D eigenvalue weighted by atomic mass is 10.0. The number of aromatic nitrogens is 1. The fourth-order valence-corrected chi connectivity index (χ4v) is 2.78. The summed E-state index contributed by atoms with van der Waals surface area (Å²) in [5, 5.41) is 6.90. The Morgan fingerprint density at radius 2 is 2.11 bits per heavy atom. The predicted molar refractivity (Wildman–Crippen MR) is 77.9 cm³/mol. The summed E-state index contributed by atoms with van der Waals surface area (Å²) in [6.45, 7) is 7.35. The number of nitrogens with zero attached hydrogens (tertiary/aromatic N) is 1. The minimum absolute atomic E-state index is 0.359. The molecule has 1 heterocycles. The molecule has 0 saturated heterocycles. The molecular weight excluding hydrogens is 240 g/mol. The third kappa shape index (κ3) is 3.18. The molecule has 2 rings (SSSR count). The quantitative estimate of drug-likeness (QED) is 0.883. The topological polar surface area (TPSA) is 24.9 Å². The van der Waals surface area contributed by atoms with Gasteiger partial charge in [0, 0.05) is 18.0 Å². The first kappa shape index (κ1) is 13.2. The second-order valence-electron chi connectivity index (χ2n) is 4.55. The van der Waals surface area contributed by atoms with Gasteiger partial charge in [-0.05, 0) is 31.4 Å². The largest absolute Gasteiger partial charge is 0.305 e. The number of nitrogens with one attached hydrogen (secondary N) is 1. The van der Waals surface area contributed by atoms with E-state index in [0.717, 1.165) is 18.7 Å². The van der Waals surface area contributed by atoms with E-state index in [0.29, 0.717) is 6.04 Å². The molecule has 0 aliphatic carbocycles. The van der Waals surface area contributed by atoms with Crippen LogP contribution >= 0.6 is 11.3 Å². The monoisotopic (exact) mass is 260 g/mol. The van der Waals surface area contributed by atoms with Crippen LogP contribution in [0.2, 0.25) is 0 Å². The molecule has 0 fully saturated rings. The highest BCUT2D eigenvalue weighted by molar-refractivity contribution is 7.09. The van der Waals surface area contributed by atoms with Crippen LogP contribution in [-0.4, -0.2) is 4.98 Å². The molecule has 1 N–H and O–H groups in total. The Bertz CT molecular complexity index is 505. The molecule has 0 aliphatic heterocycles. The summed E-state index contributed by atoms with van der Waals surface area (Å²) in [5.74, 6) is 0. The van der Waals surface area contributed by atoms with Crippen molar-refractivity contribution in [1.29, 1.82) is 0 Å². The Morgan fingerprint density at radius 3 is 2.78 bits per heavy atom. The van der Waals surface area contributed by atoms with Gasteiger partial charge in [-0.25, -0.2) is 4.98 Å². The van der Waals surface area contributed by atoms with Crippen LogP contribution in [0.3, 0.4) is 0 Å². The van der Waals surface area contributed by atoms with Crippen molar-refractivity contribution >= 4 is 11.3 Å². The number of aryl methyl sites for hydroxylation is 2. The molecule has 18 heavy (non-hydrogen) atoms. The van der Waals surface area contributed by atoms with E-state index >= 15 is 0 Å². The van der Waals surface area contributed by atoms with E-state index < -0.39 is 0 Å². The highest BCUT2D eigenvalue weighted by Gasteiger charge is 2.08. The molecule has 1 atom stereocenters. The maximum absolute atomic E-state index is 4.57. The fraction of sp³-hybridized carbons (Fsp3) is 0.400. The van der Waals surface area contributed by atoms with Crippen molar-refractivity contribution in [2.45, 2.75) is 39.8 Å². The molecule has 2 aromatic rings. The van der Waals surface area contributed by atoms with Crippen LogP contribution in [0.25, 0.3) is 0 Å². The summed E-state index contributed by atoms with van der Waals surface area (Å²) in [7, 11) is 0. The Kier molecular flexibility index (Phi) is 4.50. The zero-order valence-corrected chi connectivity index (χ0v) is 12.1. The van der Waals surface area contributed by atoms with Gasteiger partial charge in [-0.2, -0.15) is 0 Å². The number of thiazole rings is 1. The molecule has 0 amide bonds. The average molecular weight is 260 g/mol. The van der Waals surface area contributed by atoms with Crippen LogP contribution < -0.4 is 5.32 Å². The summed E-state index contributed by atoms with van der Waals surface area (Å²) >= 11 is 1.75. The van der Waals surface area contributed by atoms with E-state index in [9.17, 15) is 0 Å². The number of hydrogen-bond acceptors (Lipinski definition) is 3. The zero-order valence-electron chi connectivity index (χ0n) is 11.2. The highest BCUT2D eigenvalue weighted by atomic mass is 32.1. The lowest BCUT2D eigenvalue weighted by Gasteiger charge is -2.15. The van der Waals surface area contributed by atoms with Gasteiger partial charge in [-0.15, -0.1) is 11.3 Å². The van der Waals surface area contributed by atoms with E-state index in [-0.39, 0.29) is 0 Å². The molecule has 1 unspecified atom stereocenters. The summed E-state index contributed by atoms with van der Waals surface area (Å²) in [4.78, 5) is 4.57. The maximum Gasteiger partial charge on any atom is 0.0926 e. The lowest BCUT2D eigenvalue weighted by molar-refractivity contribution is 0.566. The summed E-state index contributed by atoms with van der Waals surface area (Å²) in [5.41, 5.74) is 3.85. The average Bonchev–Trinajstić information content (AvgIpc) is 2.84. The van der Waals surface area contributed by atoms with Gasteiger partial charge in [0.15, 0.2) is 0 Å². The Labute approximate surface area is 113 Å². The van der Waals surface area contributed by atoms with Gasteiger partial charge >= 0.3 is 0 Å². The molecule has 0 aliphatic rings. The maximum atomic E-state index is 4.57. The molecular formula is C15H20N2S. The fourth-order valence-electron chi connectivity index (χ4n) is 2.03. The lowest BCUT2D eigenvalue weighted by Crippen LogP contribution is -2.19. The van der Waals surface area contributed by atoms with Crippen molar-refractivity contribution in [2.75, 3.05) is 0 Å². The Hall–Kier alpha value is -1.19. The van der Waals surface area contributed by atoms with Crippen molar-refractivity contribution < 1.29 is 0 Å². The smallest absolute Gasteiger partial charge is 0.0926 e. The van der Waals surface area contributed by atoms with E-state index in [1.54, 1.807) is 11.3 Å². The predicted octanol–water partition coefficient (Wildman–Crippen LogP) is 3.86. The van der Waals surface area contributed by atoms with E-state index in [4.69, 9.17) is 0 Å². The van der Waals surface area contributed by atoms with Crippen LogP contribution in [0.4, 0.5) is 0 Å². The van der Waals surface area contributed by atoms with E-state index in [2.05, 4.69) is 60.7 Å². The third-order valence-corrected chi connectivity index (χ3v) is 4.19. The molecule has 0 spiro atoms.